The first kappa shape index (κ1) is 36.1. The van der Waals surface area contributed by atoms with E-state index in [0.717, 1.165) is 0 Å². The van der Waals surface area contributed by atoms with E-state index in [4.69, 9.17) is 40.4 Å². The Morgan fingerprint density at radius 1 is 0.382 bits per heavy atom. The van der Waals surface area contributed by atoms with Gasteiger partial charge in [0.05, 0.1) is 0 Å². The van der Waals surface area contributed by atoms with E-state index in [1.807, 2.05) is 0 Å². The van der Waals surface area contributed by atoms with Crippen LogP contribution < -0.4 is 42.5 Å². The number of rotatable bonds is 0. The van der Waals surface area contributed by atoms with Crippen LogP contribution in [-0.2, 0) is 45.4 Å². The molecule has 12 nitrogen and oxygen atoms in total. The minimum atomic E-state index is -0.645. The van der Waals surface area contributed by atoms with Crippen LogP contribution in [0.2, 0.25) is 0 Å². The summed E-state index contributed by atoms with van der Waals surface area (Å²) < 4.78 is 0. The summed E-state index contributed by atoms with van der Waals surface area (Å²) in [5, 5.41) is 22.6. The number of nitrogens with one attached hydrogen (secondary N) is 8. The van der Waals surface area contributed by atoms with Gasteiger partial charge in [0.25, 0.3) is 0 Å². The van der Waals surface area contributed by atoms with E-state index in [1.54, 1.807) is 0 Å². The molecule has 1 heterocycles. The average molecular weight is 654 g/mol. The van der Waals surface area contributed by atoms with Gasteiger partial charge in [-0.3, -0.25) is 19.2 Å². The monoisotopic (exact) mass is 652 g/mol. The second kappa shape index (κ2) is 29.2. The standard InChI is InChI=1S/C16H32N8O4.4ClH.2Fe/c25-13-14(26)23-11-7-19-3-4-20-8-12-24-16(28)15(27)22-10-6-18-2-1-17-5-9-21-13;;;;;;/h17-20H,1-12H2,(H,21,25)(H,22,27)(H,23,26)(H,24,28);4*1H;;/q;;;;;2*+2/p-4. The SMILES string of the molecule is O=C1NCCNCCNCCNC(=O)C(=O)NCCNCCNCCNC1=O.[Cl][Fe][Cl].[Cl][Fe][Cl]. The molecule has 0 unspecified atom stereocenters. The van der Waals surface area contributed by atoms with Crippen LogP contribution in [0.15, 0.2) is 0 Å². The fourth-order valence-electron chi connectivity index (χ4n) is 2.23. The van der Waals surface area contributed by atoms with Gasteiger partial charge in [0.1, 0.15) is 0 Å². The van der Waals surface area contributed by atoms with Crippen molar-refractivity contribution < 1.29 is 45.4 Å². The molecule has 8 N–H and O–H groups in total. The number of amides is 4. The van der Waals surface area contributed by atoms with E-state index in [9.17, 15) is 19.2 Å². The topological polar surface area (TPSA) is 165 Å². The molecule has 1 saturated heterocycles. The molecule has 1 aliphatic heterocycles. The Labute approximate surface area is 229 Å². The van der Waals surface area contributed by atoms with Crippen LogP contribution in [0, 0.1) is 0 Å². The van der Waals surface area contributed by atoms with E-state index in [2.05, 4.69) is 42.5 Å². The predicted molar refractivity (Wildman–Crippen MR) is 127 cm³/mol. The number of carbonyl (C=O) groups is 4. The maximum absolute atomic E-state index is 11.6. The van der Waals surface area contributed by atoms with Gasteiger partial charge in [-0.25, -0.2) is 0 Å². The average Bonchev–Trinajstić information content (AvgIpc) is 2.81. The van der Waals surface area contributed by atoms with Gasteiger partial charge in [-0.1, -0.05) is 0 Å². The van der Waals surface area contributed by atoms with Crippen LogP contribution in [0.5, 0.6) is 0 Å². The Hall–Kier alpha value is -0.0810. The van der Waals surface area contributed by atoms with Crippen LogP contribution in [0.3, 0.4) is 0 Å². The quantitative estimate of drug-likeness (QED) is 0.106. The molecule has 204 valence electrons. The van der Waals surface area contributed by atoms with Crippen molar-refractivity contribution >= 4 is 64.0 Å². The summed E-state index contributed by atoms with van der Waals surface area (Å²) in [6.07, 6.45) is 0. The first-order chi connectivity index (χ1) is 16.4. The fraction of sp³-hybridized carbons (Fsp3) is 0.750. The van der Waals surface area contributed by atoms with E-state index < -0.39 is 23.6 Å². The summed E-state index contributed by atoms with van der Waals surface area (Å²) in [4.78, 5) is 46.5. The summed E-state index contributed by atoms with van der Waals surface area (Å²) in [6.45, 7) is 6.18. The van der Waals surface area contributed by atoms with Crippen molar-refractivity contribution in [1.29, 1.82) is 0 Å². The van der Waals surface area contributed by atoms with E-state index >= 15 is 0 Å². The van der Waals surface area contributed by atoms with Gasteiger partial charge in [-0.15, -0.1) is 0 Å². The molecule has 0 spiro atoms. The zero-order valence-electron chi connectivity index (χ0n) is 18.3. The maximum atomic E-state index is 11.6. The van der Waals surface area contributed by atoms with E-state index in [1.165, 1.54) is 0 Å². The van der Waals surface area contributed by atoms with Crippen molar-refractivity contribution in [2.24, 2.45) is 0 Å². The summed E-state index contributed by atoms with van der Waals surface area (Å²) in [5.74, 6) is -2.58. The van der Waals surface area contributed by atoms with Crippen LogP contribution >= 0.6 is 40.4 Å². The Morgan fingerprint density at radius 3 is 0.706 bits per heavy atom. The molecule has 4 amide bonds. The number of hydrogen-bond donors (Lipinski definition) is 8. The molecular formula is C16H32Cl4Fe2N8O4. The number of hydrogen-bond acceptors (Lipinski definition) is 8. The van der Waals surface area contributed by atoms with Crippen LogP contribution in [0.25, 0.3) is 0 Å². The normalized spacial score (nSPS) is 18.9. The molecular weight excluding hydrogens is 622 g/mol. The third kappa shape index (κ3) is 26.5. The van der Waals surface area contributed by atoms with Crippen molar-refractivity contribution in [3.8, 4) is 0 Å². The van der Waals surface area contributed by atoms with E-state index in [-0.39, 0.29) is 26.3 Å². The molecule has 1 rings (SSSR count). The molecule has 0 aromatic heterocycles. The Bertz CT molecular complexity index is 469. The second-order valence-corrected chi connectivity index (χ2v) is 9.77. The van der Waals surface area contributed by atoms with Crippen molar-refractivity contribution in [2.75, 3.05) is 78.5 Å². The molecule has 0 radical (unpaired) electrons. The van der Waals surface area contributed by atoms with Crippen molar-refractivity contribution in [1.82, 2.24) is 42.5 Å². The van der Waals surface area contributed by atoms with Gasteiger partial charge in [0, 0.05) is 78.5 Å². The zero-order chi connectivity index (χ0) is 25.9. The van der Waals surface area contributed by atoms with Crippen LogP contribution in [0.1, 0.15) is 0 Å². The molecule has 0 bridgehead atoms. The molecule has 0 aliphatic carbocycles. The Balaban J connectivity index is 0. The fourth-order valence-corrected chi connectivity index (χ4v) is 2.23. The summed E-state index contributed by atoms with van der Waals surface area (Å²) in [6, 6.07) is 0. The molecule has 0 aromatic carbocycles. The van der Waals surface area contributed by atoms with Crippen molar-refractivity contribution in [2.45, 2.75) is 0 Å². The molecule has 1 fully saturated rings. The van der Waals surface area contributed by atoms with Gasteiger partial charge < -0.3 is 42.5 Å². The van der Waals surface area contributed by atoms with Gasteiger partial charge in [-0.05, 0) is 0 Å². The third-order valence-corrected chi connectivity index (χ3v) is 3.72. The third-order valence-electron chi connectivity index (χ3n) is 3.72. The number of halogens is 4. The predicted octanol–water partition coefficient (Wildman–Crippen LogP) is -2.42. The Morgan fingerprint density at radius 2 is 0.529 bits per heavy atom. The number of carbonyl (C=O) groups excluding carboxylic acids is 4. The molecule has 0 atom stereocenters. The van der Waals surface area contributed by atoms with Gasteiger partial charge in [-0.2, -0.15) is 0 Å². The molecule has 0 saturated carbocycles. The Kier molecular flexibility index (Phi) is 30.9. The van der Waals surface area contributed by atoms with Gasteiger partial charge in [0.15, 0.2) is 0 Å². The van der Waals surface area contributed by atoms with E-state index in [0.29, 0.717) is 78.5 Å². The summed E-state index contributed by atoms with van der Waals surface area (Å²) >= 11 is 0.389. The second-order valence-electron chi connectivity index (χ2n) is 6.12. The van der Waals surface area contributed by atoms with Crippen LogP contribution in [0.4, 0.5) is 0 Å². The molecule has 1 aliphatic rings. The minimum absolute atomic E-state index is 0.194. The van der Waals surface area contributed by atoms with Gasteiger partial charge >= 0.3 is 90.3 Å². The first-order valence-corrected chi connectivity index (χ1v) is 16.2. The summed E-state index contributed by atoms with van der Waals surface area (Å²) in [7, 11) is 19.1. The molecule has 18 heteroatoms. The van der Waals surface area contributed by atoms with Crippen molar-refractivity contribution in [3.05, 3.63) is 0 Å². The first-order valence-electron chi connectivity index (χ1n) is 10.1. The molecule has 0 aromatic rings. The van der Waals surface area contributed by atoms with Gasteiger partial charge in [0.2, 0.25) is 0 Å². The summed E-state index contributed by atoms with van der Waals surface area (Å²) in [5.41, 5.74) is 0. The van der Waals surface area contributed by atoms with Crippen molar-refractivity contribution in [3.63, 3.8) is 0 Å². The molecule has 34 heavy (non-hydrogen) atoms. The zero-order valence-corrected chi connectivity index (χ0v) is 23.6. The van der Waals surface area contributed by atoms with Crippen LogP contribution in [-0.4, -0.2) is 102 Å².